The van der Waals surface area contributed by atoms with E-state index in [1.807, 2.05) is 0 Å². The standard InChI is InChI=1S/C25H22BrClN2O6S/c1-5-35-24(32)21-12(2)28-25-29(22(21)15-10-18(33-3)19(34-4)11-16(15)26)23(31)20(36-25)9-13-8-14(27)6-7-17(13)30/h6-11,22,30H,5H2,1-4H3/b20-9+. The Hall–Kier alpha value is -3.08. The van der Waals surface area contributed by atoms with Gasteiger partial charge in [-0.1, -0.05) is 38.9 Å². The molecule has 0 aliphatic carbocycles. The summed E-state index contributed by atoms with van der Waals surface area (Å²) < 4.78 is 18.6. The molecule has 1 unspecified atom stereocenters. The second-order valence-corrected chi connectivity index (χ2v) is 10.0. The summed E-state index contributed by atoms with van der Waals surface area (Å²) in [5.41, 5.74) is 1.24. The summed E-state index contributed by atoms with van der Waals surface area (Å²) in [6.07, 6.45) is 1.55. The summed E-state index contributed by atoms with van der Waals surface area (Å²) in [5.74, 6) is 0.315. The molecule has 0 bridgehead atoms. The van der Waals surface area contributed by atoms with Crippen molar-refractivity contribution in [3.8, 4) is 17.2 Å². The molecule has 1 aromatic heterocycles. The third kappa shape index (κ3) is 4.68. The van der Waals surface area contributed by atoms with E-state index in [0.29, 0.717) is 47.2 Å². The van der Waals surface area contributed by atoms with Crippen molar-refractivity contribution >= 4 is 50.9 Å². The van der Waals surface area contributed by atoms with Crippen LogP contribution in [0, 0.1) is 0 Å². The molecule has 0 spiro atoms. The molecule has 2 heterocycles. The first kappa shape index (κ1) is 26.0. The van der Waals surface area contributed by atoms with Crippen LogP contribution in [0.1, 0.15) is 31.0 Å². The number of esters is 1. The Morgan fingerprint density at radius 2 is 1.94 bits per heavy atom. The zero-order valence-electron chi connectivity index (χ0n) is 19.8. The van der Waals surface area contributed by atoms with Gasteiger partial charge in [-0.3, -0.25) is 9.36 Å². The van der Waals surface area contributed by atoms with Gasteiger partial charge in [-0.25, -0.2) is 9.79 Å². The molecule has 2 aromatic carbocycles. The van der Waals surface area contributed by atoms with Crippen LogP contribution >= 0.6 is 38.9 Å². The Morgan fingerprint density at radius 3 is 2.61 bits per heavy atom. The number of ether oxygens (including phenoxy) is 3. The quantitative estimate of drug-likeness (QED) is 0.435. The van der Waals surface area contributed by atoms with E-state index in [1.165, 1.54) is 24.9 Å². The second kappa shape index (κ2) is 10.5. The number of halogens is 2. The number of rotatable bonds is 6. The van der Waals surface area contributed by atoms with Crippen LogP contribution in [0.3, 0.4) is 0 Å². The number of carbonyl (C=O) groups is 1. The number of aromatic hydroxyl groups is 1. The number of methoxy groups -OCH3 is 2. The number of hydrogen-bond donors (Lipinski definition) is 1. The van der Waals surface area contributed by atoms with E-state index >= 15 is 0 Å². The molecular formula is C25H22BrClN2O6S. The first-order chi connectivity index (χ1) is 17.2. The predicted octanol–water partition coefficient (Wildman–Crippen LogP) is 3.94. The molecule has 0 radical (unpaired) electrons. The maximum absolute atomic E-state index is 13.7. The number of fused-ring (bicyclic) bond motifs is 1. The van der Waals surface area contributed by atoms with Crippen molar-refractivity contribution < 1.29 is 24.1 Å². The lowest BCUT2D eigenvalue weighted by atomic mass is 9.95. The molecule has 1 N–H and O–H groups in total. The van der Waals surface area contributed by atoms with E-state index < -0.39 is 12.0 Å². The molecule has 0 fully saturated rings. The summed E-state index contributed by atoms with van der Waals surface area (Å²) in [6, 6.07) is 7.14. The van der Waals surface area contributed by atoms with Crippen LogP contribution in [-0.2, 0) is 9.53 Å². The van der Waals surface area contributed by atoms with Crippen LogP contribution in [0.15, 0.2) is 55.9 Å². The number of carbonyl (C=O) groups excluding carboxylic acids is 1. The van der Waals surface area contributed by atoms with Crippen molar-refractivity contribution in [2.24, 2.45) is 4.99 Å². The minimum absolute atomic E-state index is 0.0205. The van der Waals surface area contributed by atoms with Crippen LogP contribution in [-0.4, -0.2) is 36.5 Å². The Kier molecular flexibility index (Phi) is 7.58. The Balaban J connectivity index is 2.03. The number of aromatic nitrogens is 1. The monoisotopic (exact) mass is 592 g/mol. The van der Waals surface area contributed by atoms with E-state index in [4.69, 9.17) is 25.8 Å². The van der Waals surface area contributed by atoms with Gasteiger partial charge in [0.05, 0.1) is 42.7 Å². The van der Waals surface area contributed by atoms with Gasteiger partial charge in [-0.05, 0) is 55.8 Å². The van der Waals surface area contributed by atoms with Gasteiger partial charge in [0, 0.05) is 15.1 Å². The fourth-order valence-electron chi connectivity index (χ4n) is 3.95. The smallest absolute Gasteiger partial charge is 0.338 e. The molecule has 1 aliphatic rings. The van der Waals surface area contributed by atoms with E-state index in [-0.39, 0.29) is 23.5 Å². The average molecular weight is 594 g/mol. The van der Waals surface area contributed by atoms with Gasteiger partial charge in [0.25, 0.3) is 5.56 Å². The van der Waals surface area contributed by atoms with Crippen LogP contribution in [0.25, 0.3) is 6.08 Å². The van der Waals surface area contributed by atoms with E-state index in [0.717, 1.165) is 11.3 Å². The number of nitrogens with zero attached hydrogens (tertiary/aromatic N) is 2. The topological polar surface area (TPSA) is 99.4 Å². The van der Waals surface area contributed by atoms with E-state index in [1.54, 1.807) is 44.2 Å². The highest BCUT2D eigenvalue weighted by atomic mass is 79.9. The molecule has 4 rings (SSSR count). The summed E-state index contributed by atoms with van der Waals surface area (Å²) in [7, 11) is 3.03. The lowest BCUT2D eigenvalue weighted by Crippen LogP contribution is -2.40. The highest BCUT2D eigenvalue weighted by molar-refractivity contribution is 9.10. The van der Waals surface area contributed by atoms with Gasteiger partial charge >= 0.3 is 5.97 Å². The molecule has 3 aromatic rings. The van der Waals surface area contributed by atoms with Gasteiger partial charge in [-0.15, -0.1) is 0 Å². The van der Waals surface area contributed by atoms with Crippen LogP contribution in [0.2, 0.25) is 5.02 Å². The van der Waals surface area contributed by atoms with E-state index in [2.05, 4.69) is 20.9 Å². The number of allylic oxidation sites excluding steroid dienone is 1. The minimum atomic E-state index is -0.857. The zero-order chi connectivity index (χ0) is 26.1. The normalized spacial score (nSPS) is 15.4. The molecule has 11 heteroatoms. The van der Waals surface area contributed by atoms with Gasteiger partial charge in [0.15, 0.2) is 16.3 Å². The molecule has 8 nitrogen and oxygen atoms in total. The van der Waals surface area contributed by atoms with Crippen molar-refractivity contribution in [3.05, 3.63) is 81.9 Å². The summed E-state index contributed by atoms with van der Waals surface area (Å²) >= 11 is 10.8. The predicted molar refractivity (Wildman–Crippen MR) is 141 cm³/mol. The third-order valence-electron chi connectivity index (χ3n) is 5.59. The van der Waals surface area contributed by atoms with Crippen LogP contribution < -0.4 is 24.4 Å². The van der Waals surface area contributed by atoms with Crippen molar-refractivity contribution in [3.63, 3.8) is 0 Å². The third-order valence-corrected chi connectivity index (χ3v) is 7.50. The van der Waals surface area contributed by atoms with Crippen molar-refractivity contribution in [1.82, 2.24) is 4.57 Å². The second-order valence-electron chi connectivity index (χ2n) is 7.73. The number of thiazole rings is 1. The van der Waals surface area contributed by atoms with Gasteiger partial charge < -0.3 is 19.3 Å². The molecule has 0 amide bonds. The Bertz CT molecular complexity index is 1580. The molecule has 0 saturated carbocycles. The number of phenols is 1. The van der Waals surface area contributed by atoms with Crippen LogP contribution in [0.5, 0.6) is 17.2 Å². The molecule has 36 heavy (non-hydrogen) atoms. The number of hydrogen-bond acceptors (Lipinski definition) is 8. The molecule has 0 saturated heterocycles. The lowest BCUT2D eigenvalue weighted by Gasteiger charge is -2.26. The molecular weight excluding hydrogens is 572 g/mol. The average Bonchev–Trinajstić information content (AvgIpc) is 3.14. The van der Waals surface area contributed by atoms with Gasteiger partial charge in [-0.2, -0.15) is 0 Å². The first-order valence-electron chi connectivity index (χ1n) is 10.8. The fourth-order valence-corrected chi connectivity index (χ4v) is 5.70. The lowest BCUT2D eigenvalue weighted by molar-refractivity contribution is -0.139. The first-order valence-corrected chi connectivity index (χ1v) is 12.8. The van der Waals surface area contributed by atoms with Crippen molar-refractivity contribution in [1.29, 1.82) is 0 Å². The van der Waals surface area contributed by atoms with E-state index in [9.17, 15) is 14.7 Å². The summed E-state index contributed by atoms with van der Waals surface area (Å²) in [4.78, 5) is 31.8. The highest BCUT2D eigenvalue weighted by Crippen LogP contribution is 2.40. The molecule has 188 valence electrons. The van der Waals surface area contributed by atoms with Gasteiger partial charge in [0.1, 0.15) is 5.75 Å². The Morgan fingerprint density at radius 1 is 1.25 bits per heavy atom. The maximum atomic E-state index is 13.7. The highest BCUT2D eigenvalue weighted by Gasteiger charge is 2.35. The summed E-state index contributed by atoms with van der Waals surface area (Å²) in [5, 5.41) is 10.7. The molecule has 1 atom stereocenters. The van der Waals surface area contributed by atoms with Gasteiger partial charge in [0.2, 0.25) is 0 Å². The largest absolute Gasteiger partial charge is 0.507 e. The minimum Gasteiger partial charge on any atom is -0.507 e. The SMILES string of the molecule is CCOC(=O)C1=C(C)N=c2s/c(=C/c3cc(Cl)ccc3O)c(=O)n2C1c1cc(OC)c(OC)cc1Br. The molecule has 1 aliphatic heterocycles. The maximum Gasteiger partial charge on any atom is 0.338 e. The van der Waals surface area contributed by atoms with Crippen molar-refractivity contribution in [2.45, 2.75) is 19.9 Å². The fraction of sp³-hybridized carbons (Fsp3) is 0.240. The van der Waals surface area contributed by atoms with Crippen LogP contribution in [0.4, 0.5) is 0 Å². The number of benzene rings is 2. The number of phenolic OH excluding ortho intramolecular Hbond substituents is 1. The Labute approximate surface area is 223 Å². The zero-order valence-corrected chi connectivity index (χ0v) is 23.0. The van der Waals surface area contributed by atoms with Crippen molar-refractivity contribution in [2.75, 3.05) is 20.8 Å². The summed E-state index contributed by atoms with van der Waals surface area (Å²) in [6.45, 7) is 3.57.